The molecule has 3 heteroatoms. The number of hydrogen-bond donors (Lipinski definition) is 1. The van der Waals surface area contributed by atoms with Gasteiger partial charge in [-0.05, 0) is 25.0 Å². The lowest BCUT2D eigenvalue weighted by Gasteiger charge is -2.29. The minimum atomic E-state index is -0.459. The Balaban J connectivity index is 2.22. The average Bonchev–Trinajstić information content (AvgIpc) is 2.22. The molecule has 2 rings (SSSR count). The lowest BCUT2D eigenvalue weighted by molar-refractivity contribution is 0.0630. The summed E-state index contributed by atoms with van der Waals surface area (Å²) >= 11 is 0. The average molecular weight is 205 g/mol. The summed E-state index contributed by atoms with van der Waals surface area (Å²) in [4.78, 5) is 13.7. The quantitative estimate of drug-likeness (QED) is 0.784. The molecule has 1 unspecified atom stereocenters. The molecule has 0 spiro atoms. The molecule has 0 radical (unpaired) electrons. The van der Waals surface area contributed by atoms with Crippen molar-refractivity contribution in [1.82, 2.24) is 4.90 Å². The van der Waals surface area contributed by atoms with E-state index in [0.717, 1.165) is 17.5 Å². The second-order valence-corrected chi connectivity index (χ2v) is 4.01. The van der Waals surface area contributed by atoms with Crippen LogP contribution in [-0.2, 0) is 6.42 Å². The number of fused-ring (bicyclic) bond motifs is 1. The van der Waals surface area contributed by atoms with Crippen molar-refractivity contribution in [2.45, 2.75) is 19.4 Å². The van der Waals surface area contributed by atoms with E-state index in [9.17, 15) is 9.90 Å². The number of carbonyl (C=O) groups excluding carboxylic acids is 1. The van der Waals surface area contributed by atoms with Gasteiger partial charge in [0, 0.05) is 18.7 Å². The van der Waals surface area contributed by atoms with Crippen LogP contribution in [0.25, 0.3) is 0 Å². The molecule has 15 heavy (non-hydrogen) atoms. The number of hydrogen-bond acceptors (Lipinski definition) is 2. The van der Waals surface area contributed by atoms with Crippen molar-refractivity contribution >= 4 is 5.91 Å². The second-order valence-electron chi connectivity index (χ2n) is 4.01. The van der Waals surface area contributed by atoms with Gasteiger partial charge in [-0.15, -0.1) is 0 Å². The summed E-state index contributed by atoms with van der Waals surface area (Å²) in [6.07, 6.45) is 0.425. The Morgan fingerprint density at radius 3 is 2.93 bits per heavy atom. The van der Waals surface area contributed by atoms with Crippen LogP contribution in [0.4, 0.5) is 0 Å². The first kappa shape index (κ1) is 10.2. The maximum Gasteiger partial charge on any atom is 0.254 e. The Morgan fingerprint density at radius 2 is 2.20 bits per heavy atom. The third kappa shape index (κ3) is 2.02. The topological polar surface area (TPSA) is 40.5 Å². The molecular weight excluding hydrogens is 190 g/mol. The van der Waals surface area contributed by atoms with Crippen molar-refractivity contribution in [3.8, 4) is 0 Å². The van der Waals surface area contributed by atoms with E-state index in [1.807, 2.05) is 24.3 Å². The second kappa shape index (κ2) is 4.03. The Labute approximate surface area is 89.3 Å². The zero-order chi connectivity index (χ0) is 10.8. The molecule has 0 aromatic heterocycles. The number of aliphatic hydroxyl groups is 1. The van der Waals surface area contributed by atoms with Crippen molar-refractivity contribution < 1.29 is 9.90 Å². The van der Waals surface area contributed by atoms with Crippen LogP contribution in [0.5, 0.6) is 0 Å². The van der Waals surface area contributed by atoms with E-state index in [1.54, 1.807) is 11.8 Å². The zero-order valence-corrected chi connectivity index (χ0v) is 8.81. The monoisotopic (exact) mass is 205 g/mol. The number of carbonyl (C=O) groups is 1. The Bertz CT molecular complexity index is 374. The molecule has 80 valence electrons. The van der Waals surface area contributed by atoms with E-state index in [4.69, 9.17) is 0 Å². The van der Waals surface area contributed by atoms with Gasteiger partial charge in [-0.3, -0.25) is 4.79 Å². The van der Waals surface area contributed by atoms with Gasteiger partial charge in [0.05, 0.1) is 6.10 Å². The molecule has 1 aromatic carbocycles. The lowest BCUT2D eigenvalue weighted by atomic mass is 9.99. The molecule has 3 nitrogen and oxygen atoms in total. The fourth-order valence-electron chi connectivity index (χ4n) is 1.97. The summed E-state index contributed by atoms with van der Waals surface area (Å²) in [5, 5.41) is 9.28. The molecule has 1 aliphatic rings. The van der Waals surface area contributed by atoms with Crippen LogP contribution in [0.1, 0.15) is 22.8 Å². The number of amides is 1. The van der Waals surface area contributed by atoms with Crippen LogP contribution in [0.3, 0.4) is 0 Å². The SMILES string of the molecule is CC(O)CN1CCc2ccccc2C1=O. The van der Waals surface area contributed by atoms with Gasteiger partial charge < -0.3 is 10.0 Å². The highest BCUT2D eigenvalue weighted by molar-refractivity contribution is 5.96. The molecule has 1 amide bonds. The highest BCUT2D eigenvalue weighted by Crippen LogP contribution is 2.18. The zero-order valence-electron chi connectivity index (χ0n) is 8.81. The third-order valence-electron chi connectivity index (χ3n) is 2.67. The minimum absolute atomic E-state index is 0.0396. The maximum absolute atomic E-state index is 12.0. The molecule has 0 fully saturated rings. The summed E-state index contributed by atoms with van der Waals surface area (Å²) in [5.74, 6) is 0.0396. The molecule has 0 saturated carbocycles. The number of rotatable bonds is 2. The van der Waals surface area contributed by atoms with Gasteiger partial charge in [-0.25, -0.2) is 0 Å². The van der Waals surface area contributed by atoms with Crippen molar-refractivity contribution in [2.24, 2.45) is 0 Å². The Kier molecular flexibility index (Phi) is 2.73. The van der Waals surface area contributed by atoms with Crippen LogP contribution in [0.15, 0.2) is 24.3 Å². The largest absolute Gasteiger partial charge is 0.392 e. The fourth-order valence-corrected chi connectivity index (χ4v) is 1.97. The van der Waals surface area contributed by atoms with E-state index in [2.05, 4.69) is 0 Å². The van der Waals surface area contributed by atoms with Crippen molar-refractivity contribution in [3.63, 3.8) is 0 Å². The normalized spacial score (nSPS) is 17.5. The Hall–Kier alpha value is -1.35. The molecule has 1 heterocycles. The molecule has 0 bridgehead atoms. The summed E-state index contributed by atoms with van der Waals surface area (Å²) in [6.45, 7) is 2.84. The number of β-amino-alcohol motifs (C(OH)–C–C–N with tert-alkyl or cyclic N) is 1. The van der Waals surface area contributed by atoms with Gasteiger partial charge in [-0.2, -0.15) is 0 Å². The van der Waals surface area contributed by atoms with Gasteiger partial charge in [0.25, 0.3) is 5.91 Å². The first-order valence-corrected chi connectivity index (χ1v) is 5.23. The number of aliphatic hydroxyl groups excluding tert-OH is 1. The summed E-state index contributed by atoms with van der Waals surface area (Å²) in [5.41, 5.74) is 1.90. The molecule has 1 atom stereocenters. The van der Waals surface area contributed by atoms with Crippen molar-refractivity contribution in [3.05, 3.63) is 35.4 Å². The van der Waals surface area contributed by atoms with Crippen LogP contribution in [-0.4, -0.2) is 35.1 Å². The lowest BCUT2D eigenvalue weighted by Crippen LogP contribution is -2.41. The first-order valence-electron chi connectivity index (χ1n) is 5.23. The van der Waals surface area contributed by atoms with Gasteiger partial charge >= 0.3 is 0 Å². The predicted molar refractivity (Wildman–Crippen MR) is 57.7 cm³/mol. The molecule has 1 N–H and O–H groups in total. The van der Waals surface area contributed by atoms with E-state index >= 15 is 0 Å². The van der Waals surface area contributed by atoms with E-state index in [0.29, 0.717) is 13.1 Å². The highest BCUT2D eigenvalue weighted by atomic mass is 16.3. The van der Waals surface area contributed by atoms with Gasteiger partial charge in [0.1, 0.15) is 0 Å². The molecule has 0 aliphatic carbocycles. The number of nitrogens with zero attached hydrogens (tertiary/aromatic N) is 1. The molecule has 1 aromatic rings. The van der Waals surface area contributed by atoms with Crippen LogP contribution < -0.4 is 0 Å². The molecule has 0 saturated heterocycles. The standard InChI is InChI=1S/C12H15NO2/c1-9(14)8-13-7-6-10-4-2-3-5-11(10)12(13)15/h2-5,9,14H,6-8H2,1H3. The molecular formula is C12H15NO2. The summed E-state index contributed by atoms with van der Waals surface area (Å²) in [7, 11) is 0. The minimum Gasteiger partial charge on any atom is -0.392 e. The Morgan fingerprint density at radius 1 is 1.47 bits per heavy atom. The van der Waals surface area contributed by atoms with Gasteiger partial charge in [0.2, 0.25) is 0 Å². The predicted octanol–water partition coefficient (Wildman–Crippen LogP) is 1.07. The third-order valence-corrected chi connectivity index (χ3v) is 2.67. The van der Waals surface area contributed by atoms with Gasteiger partial charge in [-0.1, -0.05) is 18.2 Å². The maximum atomic E-state index is 12.0. The fraction of sp³-hybridized carbons (Fsp3) is 0.417. The van der Waals surface area contributed by atoms with Crippen LogP contribution >= 0.6 is 0 Å². The summed E-state index contributed by atoms with van der Waals surface area (Å²) < 4.78 is 0. The smallest absolute Gasteiger partial charge is 0.254 e. The highest BCUT2D eigenvalue weighted by Gasteiger charge is 2.24. The van der Waals surface area contributed by atoms with Crippen molar-refractivity contribution in [1.29, 1.82) is 0 Å². The van der Waals surface area contributed by atoms with E-state index in [-0.39, 0.29) is 5.91 Å². The summed E-state index contributed by atoms with van der Waals surface area (Å²) in [6, 6.07) is 7.68. The van der Waals surface area contributed by atoms with E-state index < -0.39 is 6.10 Å². The van der Waals surface area contributed by atoms with E-state index in [1.165, 1.54) is 0 Å². The van der Waals surface area contributed by atoms with Crippen LogP contribution in [0, 0.1) is 0 Å². The van der Waals surface area contributed by atoms with Crippen molar-refractivity contribution in [2.75, 3.05) is 13.1 Å². The first-order chi connectivity index (χ1) is 7.18. The van der Waals surface area contributed by atoms with Gasteiger partial charge in [0.15, 0.2) is 0 Å². The number of benzene rings is 1. The van der Waals surface area contributed by atoms with Crippen LogP contribution in [0.2, 0.25) is 0 Å². The molecule has 1 aliphatic heterocycles.